The maximum Gasteiger partial charge on any atom is 0.133 e. The summed E-state index contributed by atoms with van der Waals surface area (Å²) >= 11 is 8.99. The molecule has 1 aliphatic heterocycles. The average molecular weight is 323 g/mol. The van der Waals surface area contributed by atoms with Crippen molar-refractivity contribution in [3.63, 3.8) is 0 Å². The number of piperidine rings is 1. The Hall–Kier alpha value is -0.290. The molecule has 0 spiro atoms. The van der Waals surface area contributed by atoms with Crippen LogP contribution in [-0.4, -0.2) is 30.5 Å². The second-order valence-corrected chi connectivity index (χ2v) is 5.08. The van der Waals surface area contributed by atoms with Gasteiger partial charge in [0.25, 0.3) is 0 Å². The number of hydrogen-bond donors (Lipinski definition) is 1. The van der Waals surface area contributed by atoms with Crippen molar-refractivity contribution in [1.29, 1.82) is 0 Å². The molecule has 0 amide bonds. The quantitative estimate of drug-likeness (QED) is 0.849. The lowest BCUT2D eigenvalue weighted by molar-refractivity contribution is -0.103. The fraction of sp³-hybridized carbons (Fsp3) is 0.500. The van der Waals surface area contributed by atoms with Gasteiger partial charge >= 0.3 is 0 Å². The lowest BCUT2D eigenvalue weighted by Crippen LogP contribution is -2.25. The van der Waals surface area contributed by atoms with Crippen molar-refractivity contribution in [3.05, 3.63) is 27.7 Å². The molecule has 5 heteroatoms. The second-order valence-electron chi connectivity index (χ2n) is 3.79. The molecule has 0 aromatic heterocycles. The van der Waals surface area contributed by atoms with Crippen LogP contribution in [0.4, 0.5) is 0 Å². The van der Waals surface area contributed by atoms with Gasteiger partial charge in [-0.15, -0.1) is 0 Å². The number of hydrogen-bond acceptors (Lipinski definition) is 3. The van der Waals surface area contributed by atoms with E-state index >= 15 is 0 Å². The molecule has 2 rings (SSSR count). The van der Waals surface area contributed by atoms with Gasteiger partial charge in [-0.1, -0.05) is 18.0 Å². The zero-order chi connectivity index (χ0) is 12.7. The molecule has 1 aliphatic rings. The van der Waals surface area contributed by atoms with Crippen molar-refractivity contribution in [2.45, 2.75) is 19.3 Å². The van der Waals surface area contributed by atoms with Gasteiger partial charge in [-0.25, -0.2) is 0 Å². The van der Waals surface area contributed by atoms with Gasteiger partial charge in [0.05, 0.1) is 11.6 Å². The molecule has 0 saturated carbocycles. The van der Waals surface area contributed by atoms with E-state index in [4.69, 9.17) is 21.5 Å². The highest BCUT2D eigenvalue weighted by atomic mass is 79.9. The van der Waals surface area contributed by atoms with E-state index in [1.165, 1.54) is 11.5 Å². The average Bonchev–Trinajstić information content (AvgIpc) is 2.31. The minimum Gasteiger partial charge on any atom is -0.496 e. The van der Waals surface area contributed by atoms with Crippen LogP contribution in [0.15, 0.2) is 22.7 Å². The minimum atomic E-state index is 0.702. The molecule has 1 aromatic carbocycles. The van der Waals surface area contributed by atoms with Crippen molar-refractivity contribution in [2.75, 3.05) is 20.2 Å². The highest BCUT2D eigenvalue weighted by Crippen LogP contribution is 2.27. The Morgan fingerprint density at radius 3 is 2.35 bits per heavy atom. The zero-order valence-corrected chi connectivity index (χ0v) is 12.2. The van der Waals surface area contributed by atoms with Gasteiger partial charge < -0.3 is 9.94 Å². The Bertz CT molecular complexity index is 343. The van der Waals surface area contributed by atoms with Crippen LogP contribution in [0.1, 0.15) is 19.3 Å². The van der Waals surface area contributed by atoms with Crippen molar-refractivity contribution < 1.29 is 9.94 Å². The summed E-state index contributed by atoms with van der Waals surface area (Å²) in [6, 6.07) is 5.39. The van der Waals surface area contributed by atoms with Gasteiger partial charge in [-0.2, -0.15) is 5.06 Å². The summed E-state index contributed by atoms with van der Waals surface area (Å²) in [7, 11) is 1.62. The lowest BCUT2D eigenvalue weighted by Gasteiger charge is -2.18. The molecule has 0 aliphatic carbocycles. The number of methoxy groups -OCH3 is 1. The third-order valence-electron chi connectivity index (χ3n) is 2.45. The van der Waals surface area contributed by atoms with Gasteiger partial charge in [-0.05, 0) is 47.0 Å². The van der Waals surface area contributed by atoms with E-state index < -0.39 is 0 Å². The van der Waals surface area contributed by atoms with E-state index in [-0.39, 0.29) is 0 Å². The van der Waals surface area contributed by atoms with Gasteiger partial charge in [0.15, 0.2) is 0 Å². The predicted octanol–water partition coefficient (Wildman–Crippen LogP) is 3.97. The van der Waals surface area contributed by atoms with E-state index in [0.717, 1.165) is 36.2 Å². The molecule has 1 fully saturated rings. The molecule has 0 radical (unpaired) electrons. The number of nitrogens with zero attached hydrogens (tertiary/aromatic N) is 1. The van der Waals surface area contributed by atoms with Gasteiger partial charge in [0, 0.05) is 18.1 Å². The highest BCUT2D eigenvalue weighted by molar-refractivity contribution is 9.10. The standard InChI is InChI=1S/C7H6BrClO.C5H11NO/c1-10-7-3-2-5(9)4-6(7)8;7-6-4-2-1-3-5-6/h2-4H,1H3;7H,1-5H2. The molecular formula is C12H17BrClNO2. The Labute approximate surface area is 115 Å². The Balaban J connectivity index is 0.000000181. The Morgan fingerprint density at radius 1 is 1.29 bits per heavy atom. The highest BCUT2D eigenvalue weighted by Gasteiger charge is 2.04. The summed E-state index contributed by atoms with van der Waals surface area (Å²) < 4.78 is 5.87. The van der Waals surface area contributed by atoms with Crippen LogP contribution in [0.2, 0.25) is 5.02 Å². The van der Waals surface area contributed by atoms with Crippen molar-refractivity contribution in [2.24, 2.45) is 0 Å². The third-order valence-corrected chi connectivity index (χ3v) is 3.30. The molecular weight excluding hydrogens is 305 g/mol. The first-order chi connectivity index (χ1) is 8.13. The summed E-state index contributed by atoms with van der Waals surface area (Å²) in [6.07, 6.45) is 3.62. The maximum absolute atomic E-state index is 8.74. The number of halogens is 2. The Morgan fingerprint density at radius 2 is 1.94 bits per heavy atom. The van der Waals surface area contributed by atoms with Crippen LogP contribution in [0.3, 0.4) is 0 Å². The molecule has 1 aromatic rings. The fourth-order valence-corrected chi connectivity index (χ4v) is 2.36. The molecule has 1 heterocycles. The number of benzene rings is 1. The maximum atomic E-state index is 8.74. The minimum absolute atomic E-state index is 0.702. The zero-order valence-electron chi connectivity index (χ0n) is 9.83. The van der Waals surface area contributed by atoms with E-state index in [0.29, 0.717) is 5.02 Å². The number of hydroxylamine groups is 2. The summed E-state index contributed by atoms with van der Waals surface area (Å²) in [5.41, 5.74) is 0. The second kappa shape index (κ2) is 7.93. The summed E-state index contributed by atoms with van der Waals surface area (Å²) in [6.45, 7) is 1.75. The first-order valence-electron chi connectivity index (χ1n) is 5.56. The van der Waals surface area contributed by atoms with Crippen LogP contribution in [-0.2, 0) is 0 Å². The smallest absolute Gasteiger partial charge is 0.133 e. The van der Waals surface area contributed by atoms with Crippen LogP contribution >= 0.6 is 27.5 Å². The first-order valence-corrected chi connectivity index (χ1v) is 6.73. The SMILES string of the molecule is COc1ccc(Cl)cc1Br.ON1CCCCC1. The number of ether oxygens (including phenoxy) is 1. The fourth-order valence-electron chi connectivity index (χ4n) is 1.52. The molecule has 17 heavy (non-hydrogen) atoms. The summed E-state index contributed by atoms with van der Waals surface area (Å²) in [5.74, 6) is 0.796. The molecule has 1 saturated heterocycles. The van der Waals surface area contributed by atoms with E-state index in [1.807, 2.05) is 6.07 Å². The molecule has 1 N–H and O–H groups in total. The normalized spacial score (nSPS) is 16.0. The van der Waals surface area contributed by atoms with Gasteiger partial charge in [0.1, 0.15) is 5.75 Å². The molecule has 3 nitrogen and oxygen atoms in total. The lowest BCUT2D eigenvalue weighted by atomic mass is 10.2. The van der Waals surface area contributed by atoms with Crippen LogP contribution < -0.4 is 4.74 Å². The van der Waals surface area contributed by atoms with Crippen molar-refractivity contribution in [1.82, 2.24) is 5.06 Å². The van der Waals surface area contributed by atoms with E-state index in [2.05, 4.69) is 15.9 Å². The van der Waals surface area contributed by atoms with Gasteiger partial charge in [0.2, 0.25) is 0 Å². The number of rotatable bonds is 1. The summed E-state index contributed by atoms with van der Waals surface area (Å²) in [4.78, 5) is 0. The van der Waals surface area contributed by atoms with E-state index in [9.17, 15) is 0 Å². The molecule has 0 unspecified atom stereocenters. The largest absolute Gasteiger partial charge is 0.496 e. The van der Waals surface area contributed by atoms with Crippen LogP contribution in [0.25, 0.3) is 0 Å². The predicted molar refractivity (Wildman–Crippen MR) is 72.9 cm³/mol. The molecule has 0 atom stereocenters. The van der Waals surface area contributed by atoms with Crippen molar-refractivity contribution in [3.8, 4) is 5.75 Å². The van der Waals surface area contributed by atoms with Crippen LogP contribution in [0.5, 0.6) is 5.75 Å². The monoisotopic (exact) mass is 321 g/mol. The van der Waals surface area contributed by atoms with Crippen LogP contribution in [0, 0.1) is 0 Å². The molecule has 96 valence electrons. The first kappa shape index (κ1) is 14.8. The molecule has 0 bridgehead atoms. The van der Waals surface area contributed by atoms with Crippen molar-refractivity contribution >= 4 is 27.5 Å². The topological polar surface area (TPSA) is 32.7 Å². The van der Waals surface area contributed by atoms with E-state index in [1.54, 1.807) is 19.2 Å². The van der Waals surface area contributed by atoms with Gasteiger partial charge in [-0.3, -0.25) is 0 Å². The third kappa shape index (κ3) is 5.73. The Kier molecular flexibility index (Phi) is 6.89. The summed E-state index contributed by atoms with van der Waals surface area (Å²) in [5, 5.41) is 10.8.